The number of aryl methyl sites for hydroxylation is 1. The highest BCUT2D eigenvalue weighted by Crippen LogP contribution is 2.65. The number of carboxylic acids is 1. The highest BCUT2D eigenvalue weighted by atomic mass is 19.4. The fourth-order valence-corrected chi connectivity index (χ4v) is 2.26. The van der Waals surface area contributed by atoms with Crippen LogP contribution in [-0.2, 0) is 4.79 Å². The van der Waals surface area contributed by atoms with E-state index in [-0.39, 0.29) is 18.7 Å². The molecule has 2 rings (SSSR count). The van der Waals surface area contributed by atoms with Crippen molar-refractivity contribution in [2.75, 3.05) is 0 Å². The van der Waals surface area contributed by atoms with E-state index in [4.69, 9.17) is 5.11 Å². The van der Waals surface area contributed by atoms with E-state index in [2.05, 4.69) is 9.97 Å². The summed E-state index contributed by atoms with van der Waals surface area (Å²) in [6.07, 6.45) is -2.35. The molecule has 4 nitrogen and oxygen atoms in total. The molecule has 1 aromatic heterocycles. The molecule has 0 spiro atoms. The maximum absolute atomic E-state index is 13.1. The maximum Gasteiger partial charge on any atom is 0.395 e. The Bertz CT molecular complexity index is 481. The molecule has 0 saturated heterocycles. The molecule has 1 heterocycles. The number of halogens is 3. The highest BCUT2D eigenvalue weighted by molar-refractivity contribution is 5.68. The standard InChI is InChI=1S/C12H13F3N2O2/c1-7-5-16-10(17-6-7)8(4-9(18)19)11(2-3-11)12(13,14)15/h5-6,8H,2-4H2,1H3,(H,18,19). The van der Waals surface area contributed by atoms with Crippen LogP contribution < -0.4 is 0 Å². The topological polar surface area (TPSA) is 63.1 Å². The van der Waals surface area contributed by atoms with Crippen LogP contribution in [0.2, 0.25) is 0 Å². The number of alkyl halides is 3. The van der Waals surface area contributed by atoms with Gasteiger partial charge >= 0.3 is 12.1 Å². The molecular formula is C12H13F3N2O2. The second kappa shape index (κ2) is 4.47. The maximum atomic E-state index is 13.1. The van der Waals surface area contributed by atoms with Crippen molar-refractivity contribution in [2.45, 2.75) is 38.3 Å². The van der Waals surface area contributed by atoms with E-state index in [0.29, 0.717) is 0 Å². The normalized spacial score (nSPS) is 18.9. The van der Waals surface area contributed by atoms with E-state index in [1.165, 1.54) is 12.4 Å². The van der Waals surface area contributed by atoms with Crippen molar-refractivity contribution >= 4 is 5.97 Å². The van der Waals surface area contributed by atoms with Crippen molar-refractivity contribution in [1.29, 1.82) is 0 Å². The monoisotopic (exact) mass is 274 g/mol. The third kappa shape index (κ3) is 2.54. The molecule has 0 bridgehead atoms. The molecule has 1 fully saturated rings. The van der Waals surface area contributed by atoms with E-state index in [0.717, 1.165) is 5.56 Å². The Labute approximate surface area is 107 Å². The van der Waals surface area contributed by atoms with Gasteiger partial charge in [-0.2, -0.15) is 13.2 Å². The van der Waals surface area contributed by atoms with Gasteiger partial charge in [0.2, 0.25) is 0 Å². The van der Waals surface area contributed by atoms with Gasteiger partial charge in [0.05, 0.1) is 11.8 Å². The van der Waals surface area contributed by atoms with Crippen LogP contribution >= 0.6 is 0 Å². The molecule has 1 aromatic rings. The average Bonchev–Trinajstić information content (AvgIpc) is 3.07. The van der Waals surface area contributed by atoms with Gasteiger partial charge in [-0.05, 0) is 25.3 Å². The second-order valence-electron chi connectivity index (χ2n) is 4.92. The molecule has 1 aliphatic rings. The van der Waals surface area contributed by atoms with Gasteiger partial charge in [0.1, 0.15) is 5.82 Å². The van der Waals surface area contributed by atoms with Gasteiger partial charge in [0.15, 0.2) is 0 Å². The van der Waals surface area contributed by atoms with Gasteiger partial charge in [-0.25, -0.2) is 9.97 Å². The van der Waals surface area contributed by atoms with E-state index >= 15 is 0 Å². The molecule has 0 amide bonds. The van der Waals surface area contributed by atoms with Crippen molar-refractivity contribution in [3.8, 4) is 0 Å². The van der Waals surface area contributed by atoms with Crippen molar-refractivity contribution in [3.05, 3.63) is 23.8 Å². The lowest BCUT2D eigenvalue weighted by Crippen LogP contribution is -2.33. The summed E-state index contributed by atoms with van der Waals surface area (Å²) in [7, 11) is 0. The van der Waals surface area contributed by atoms with Crippen molar-refractivity contribution in [1.82, 2.24) is 9.97 Å². The summed E-state index contributed by atoms with van der Waals surface area (Å²) >= 11 is 0. The van der Waals surface area contributed by atoms with E-state index in [1.807, 2.05) is 0 Å². The molecule has 0 radical (unpaired) electrons. The molecule has 1 unspecified atom stereocenters. The van der Waals surface area contributed by atoms with E-state index in [1.54, 1.807) is 6.92 Å². The first-order valence-corrected chi connectivity index (χ1v) is 5.83. The summed E-state index contributed by atoms with van der Waals surface area (Å²) in [5, 5.41) is 8.83. The van der Waals surface area contributed by atoms with Gasteiger partial charge in [0, 0.05) is 18.3 Å². The number of nitrogens with zero attached hydrogens (tertiary/aromatic N) is 2. The molecule has 1 saturated carbocycles. The highest BCUT2D eigenvalue weighted by Gasteiger charge is 2.68. The van der Waals surface area contributed by atoms with Gasteiger partial charge in [0.25, 0.3) is 0 Å². The molecule has 0 aliphatic heterocycles. The Hall–Kier alpha value is -1.66. The number of carbonyl (C=O) groups is 1. The minimum absolute atomic E-state index is 0.0391. The SMILES string of the molecule is Cc1cnc(C(CC(=O)O)C2(C(F)(F)F)CC2)nc1. The molecule has 1 N–H and O–H groups in total. The lowest BCUT2D eigenvalue weighted by Gasteiger charge is -2.26. The number of aliphatic carboxylic acids is 1. The minimum Gasteiger partial charge on any atom is -0.481 e. The molecule has 0 aromatic carbocycles. The average molecular weight is 274 g/mol. The number of aromatic nitrogens is 2. The number of hydrogen-bond acceptors (Lipinski definition) is 3. The number of carboxylic acid groups (broad SMARTS) is 1. The summed E-state index contributed by atoms with van der Waals surface area (Å²) in [4.78, 5) is 18.6. The number of hydrogen-bond donors (Lipinski definition) is 1. The summed E-state index contributed by atoms with van der Waals surface area (Å²) in [5.74, 6) is -2.53. The minimum atomic E-state index is -4.43. The van der Waals surface area contributed by atoms with Gasteiger partial charge in [-0.15, -0.1) is 0 Å². The largest absolute Gasteiger partial charge is 0.481 e. The Balaban J connectivity index is 2.37. The van der Waals surface area contributed by atoms with Crippen molar-refractivity contribution in [3.63, 3.8) is 0 Å². The molecule has 1 aliphatic carbocycles. The van der Waals surface area contributed by atoms with E-state index in [9.17, 15) is 18.0 Å². The Morgan fingerprint density at radius 1 is 1.42 bits per heavy atom. The molecule has 104 valence electrons. The fraction of sp³-hybridized carbons (Fsp3) is 0.583. The Morgan fingerprint density at radius 3 is 2.32 bits per heavy atom. The quantitative estimate of drug-likeness (QED) is 0.916. The first kappa shape index (κ1) is 13.8. The third-order valence-corrected chi connectivity index (χ3v) is 3.51. The van der Waals surface area contributed by atoms with Crippen molar-refractivity contribution < 1.29 is 23.1 Å². The Kier molecular flexibility index (Phi) is 3.24. The van der Waals surface area contributed by atoms with E-state index < -0.39 is 29.9 Å². The van der Waals surface area contributed by atoms with Crippen molar-refractivity contribution in [2.24, 2.45) is 5.41 Å². The van der Waals surface area contributed by atoms with Crippen LogP contribution in [0, 0.1) is 12.3 Å². The first-order valence-electron chi connectivity index (χ1n) is 5.83. The van der Waals surface area contributed by atoms with Gasteiger partial charge < -0.3 is 5.11 Å². The first-order chi connectivity index (χ1) is 8.76. The second-order valence-corrected chi connectivity index (χ2v) is 4.92. The predicted molar refractivity (Wildman–Crippen MR) is 59.5 cm³/mol. The smallest absolute Gasteiger partial charge is 0.395 e. The molecule has 19 heavy (non-hydrogen) atoms. The summed E-state index contributed by atoms with van der Waals surface area (Å²) in [5.41, 5.74) is -1.25. The Morgan fingerprint density at radius 2 is 1.95 bits per heavy atom. The predicted octanol–water partition coefficient (Wildman–Crippen LogP) is 2.69. The lowest BCUT2D eigenvalue weighted by atomic mass is 9.84. The zero-order chi connectivity index (χ0) is 14.3. The third-order valence-electron chi connectivity index (χ3n) is 3.51. The van der Waals surface area contributed by atoms with Crippen LogP contribution in [0.3, 0.4) is 0 Å². The molecule has 7 heteroatoms. The van der Waals surface area contributed by atoms with Crippen LogP contribution in [0.1, 0.15) is 36.6 Å². The molecule has 1 atom stereocenters. The zero-order valence-electron chi connectivity index (χ0n) is 10.2. The lowest BCUT2D eigenvalue weighted by molar-refractivity contribution is -0.196. The molecular weight excluding hydrogens is 261 g/mol. The van der Waals surface area contributed by atoms with Crippen LogP contribution in [-0.4, -0.2) is 27.2 Å². The fourth-order valence-electron chi connectivity index (χ4n) is 2.26. The summed E-state index contributed by atoms with van der Waals surface area (Å²) < 4.78 is 39.3. The van der Waals surface area contributed by atoms with Crippen LogP contribution in [0.15, 0.2) is 12.4 Å². The van der Waals surface area contributed by atoms with Crippen LogP contribution in [0.25, 0.3) is 0 Å². The van der Waals surface area contributed by atoms with Crippen LogP contribution in [0.5, 0.6) is 0 Å². The van der Waals surface area contributed by atoms with Gasteiger partial charge in [-0.3, -0.25) is 4.79 Å². The van der Waals surface area contributed by atoms with Gasteiger partial charge in [-0.1, -0.05) is 0 Å². The number of rotatable bonds is 4. The summed E-state index contributed by atoms with van der Waals surface area (Å²) in [6, 6.07) is 0. The zero-order valence-corrected chi connectivity index (χ0v) is 10.2. The van der Waals surface area contributed by atoms with Crippen LogP contribution in [0.4, 0.5) is 13.2 Å². The summed E-state index contributed by atoms with van der Waals surface area (Å²) in [6.45, 7) is 1.71.